The Balaban J connectivity index is 0. The van der Waals surface area contributed by atoms with E-state index in [1.54, 1.807) is 0 Å². The van der Waals surface area contributed by atoms with Gasteiger partial charge in [-0.3, -0.25) is 0 Å². The first-order valence-electron chi connectivity index (χ1n) is 0. The van der Waals surface area contributed by atoms with E-state index < -0.39 is 0 Å². The molecule has 0 aliphatic rings. The van der Waals surface area contributed by atoms with Gasteiger partial charge in [0.1, 0.15) is 0 Å². The molecule has 0 N–H and O–H groups in total. The molecule has 0 aliphatic carbocycles. The molecule has 0 radical (unpaired) electrons. The summed E-state index contributed by atoms with van der Waals surface area (Å²) in [6, 6.07) is 0. The molecule has 0 saturated heterocycles. The van der Waals surface area contributed by atoms with Gasteiger partial charge in [-0.15, -0.1) is 0 Å². The van der Waals surface area contributed by atoms with Gasteiger partial charge in [0.25, 0.3) is 0 Å². The molecule has 0 unspecified atom stereocenters. The minimum atomic E-state index is 0. The molecule has 0 amide bonds. The van der Waals surface area contributed by atoms with E-state index in [9.17, 15) is 0 Å². The van der Waals surface area contributed by atoms with Crippen LogP contribution in [0.5, 0.6) is 0 Å². The van der Waals surface area contributed by atoms with Gasteiger partial charge in [0, 0.05) is 0 Å². The first-order chi connectivity index (χ1) is 0. The van der Waals surface area contributed by atoms with E-state index in [2.05, 4.69) is 0 Å². The molecule has 8 heavy (non-hydrogen) atoms. The molecule has 0 aliphatic heterocycles. The number of hydrogen-bond acceptors (Lipinski definition) is 0. The minimum absolute atomic E-state index is 0. The summed E-state index contributed by atoms with van der Waals surface area (Å²) >= 11 is 0. The largest absolute Gasteiger partial charge is 3.00 e. The second-order valence-electron chi connectivity index (χ2n) is 0. The van der Waals surface area contributed by atoms with E-state index in [0.29, 0.717) is 0 Å². The van der Waals surface area contributed by atoms with E-state index in [0.717, 1.165) is 0 Å². The minimum Gasteiger partial charge on any atom is -1.00 e. The predicted octanol–water partition coefficient (Wildman–Crippen LogP) is -18.7. The standard InChI is InChI=1S/2Al.6BrH/h;;6*1H/q2*+3;;;;;;/p-6. The van der Waals surface area contributed by atoms with Crippen LogP contribution in [-0.4, -0.2) is 34.7 Å². The summed E-state index contributed by atoms with van der Waals surface area (Å²) < 4.78 is 0. The van der Waals surface area contributed by atoms with Gasteiger partial charge >= 0.3 is 34.7 Å². The molecule has 0 aromatic rings. The van der Waals surface area contributed by atoms with Crippen molar-refractivity contribution in [2.75, 3.05) is 0 Å². The maximum Gasteiger partial charge on any atom is 3.00 e. The van der Waals surface area contributed by atoms with Crippen LogP contribution in [0.3, 0.4) is 0 Å². The number of hydrogen-bond donors (Lipinski definition) is 0. The Hall–Kier alpha value is 3.94. The molecular formula is Al2Br6. The zero-order valence-corrected chi connectivity index (χ0v) is 15.2. The topological polar surface area (TPSA) is 0 Å². The van der Waals surface area contributed by atoms with Crippen LogP contribution in [0.4, 0.5) is 0 Å². The van der Waals surface area contributed by atoms with Crippen LogP contribution in [0.25, 0.3) is 0 Å². The van der Waals surface area contributed by atoms with Crippen LogP contribution < -0.4 is 102 Å². The second kappa shape index (κ2) is 69.6. The van der Waals surface area contributed by atoms with Crippen LogP contribution in [0.2, 0.25) is 0 Å². The Morgan fingerprint density at radius 1 is 0.250 bits per heavy atom. The van der Waals surface area contributed by atoms with E-state index in [4.69, 9.17) is 0 Å². The van der Waals surface area contributed by atoms with Crippen molar-refractivity contribution >= 4 is 34.7 Å². The van der Waals surface area contributed by atoms with Gasteiger partial charge in [-0.05, 0) is 0 Å². The van der Waals surface area contributed by atoms with Crippen molar-refractivity contribution in [3.8, 4) is 0 Å². The Morgan fingerprint density at radius 3 is 0.250 bits per heavy atom. The van der Waals surface area contributed by atoms with Gasteiger partial charge in [-0.1, -0.05) is 0 Å². The van der Waals surface area contributed by atoms with Gasteiger partial charge in [-0.25, -0.2) is 0 Å². The van der Waals surface area contributed by atoms with Gasteiger partial charge < -0.3 is 102 Å². The molecule has 0 heterocycles. The molecule has 0 aromatic carbocycles. The fraction of sp³-hybridized carbons (Fsp3) is 0. The Morgan fingerprint density at radius 2 is 0.250 bits per heavy atom. The second-order valence-corrected chi connectivity index (χ2v) is 0. The van der Waals surface area contributed by atoms with Crippen LogP contribution in [0.1, 0.15) is 0 Å². The summed E-state index contributed by atoms with van der Waals surface area (Å²) in [4.78, 5) is 0. The summed E-state index contributed by atoms with van der Waals surface area (Å²) in [5.41, 5.74) is 0. The van der Waals surface area contributed by atoms with Gasteiger partial charge in [0.05, 0.1) is 0 Å². The van der Waals surface area contributed by atoms with Crippen molar-refractivity contribution in [2.45, 2.75) is 0 Å². The summed E-state index contributed by atoms with van der Waals surface area (Å²) in [6.45, 7) is 0. The molecule has 0 spiro atoms. The Kier molecular flexibility index (Phi) is 799. The Bertz CT molecular complexity index is 6.49. The predicted molar refractivity (Wildman–Crippen MR) is 11.5 cm³/mol. The van der Waals surface area contributed by atoms with Gasteiger partial charge in [-0.2, -0.15) is 0 Å². The van der Waals surface area contributed by atoms with Gasteiger partial charge in [0.2, 0.25) is 0 Å². The maximum atomic E-state index is 0. The quantitative estimate of drug-likeness (QED) is 0.272. The van der Waals surface area contributed by atoms with Crippen molar-refractivity contribution < 1.29 is 102 Å². The SMILES string of the molecule is [Al+3].[Al+3].[Br-].[Br-].[Br-].[Br-].[Br-].[Br-]. The summed E-state index contributed by atoms with van der Waals surface area (Å²) in [5.74, 6) is 0. The summed E-state index contributed by atoms with van der Waals surface area (Å²) in [6.07, 6.45) is 0. The number of rotatable bonds is 0. The van der Waals surface area contributed by atoms with Crippen LogP contribution in [0, 0.1) is 0 Å². The normalized spacial score (nSPS) is 0. The zero-order valence-electron chi connectivity index (χ0n) is 3.42. The van der Waals surface area contributed by atoms with Crippen molar-refractivity contribution in [3.63, 3.8) is 0 Å². The van der Waals surface area contributed by atoms with E-state index in [1.165, 1.54) is 0 Å². The molecule has 0 rings (SSSR count). The molecule has 8 heteroatoms. The van der Waals surface area contributed by atoms with E-state index in [-0.39, 0.29) is 137 Å². The van der Waals surface area contributed by atoms with Crippen molar-refractivity contribution in [1.29, 1.82) is 0 Å². The average molecular weight is 533 g/mol. The van der Waals surface area contributed by atoms with Crippen molar-refractivity contribution in [1.82, 2.24) is 0 Å². The van der Waals surface area contributed by atoms with Crippen molar-refractivity contribution in [3.05, 3.63) is 0 Å². The fourth-order valence-electron chi connectivity index (χ4n) is 0. The fourth-order valence-corrected chi connectivity index (χ4v) is 0. The zero-order chi connectivity index (χ0) is 0. The van der Waals surface area contributed by atoms with Gasteiger partial charge in [0.15, 0.2) is 0 Å². The molecular weight excluding hydrogens is 533 g/mol. The van der Waals surface area contributed by atoms with Crippen LogP contribution >= 0.6 is 0 Å². The molecule has 0 aromatic heterocycles. The third-order valence-corrected chi connectivity index (χ3v) is 0. The molecule has 0 atom stereocenters. The maximum absolute atomic E-state index is 0. The molecule has 0 saturated carbocycles. The summed E-state index contributed by atoms with van der Waals surface area (Å²) in [5, 5.41) is 0. The van der Waals surface area contributed by atoms with E-state index >= 15 is 0 Å². The third kappa shape index (κ3) is 51.1. The molecule has 48 valence electrons. The third-order valence-electron chi connectivity index (χ3n) is 0. The smallest absolute Gasteiger partial charge is 1.00 e. The monoisotopic (exact) mass is 527 g/mol. The first-order valence-corrected chi connectivity index (χ1v) is 0. The first kappa shape index (κ1) is 91.9. The summed E-state index contributed by atoms with van der Waals surface area (Å²) in [7, 11) is 0. The molecule has 0 fully saturated rings. The van der Waals surface area contributed by atoms with E-state index in [1.807, 2.05) is 0 Å². The van der Waals surface area contributed by atoms with Crippen molar-refractivity contribution in [2.24, 2.45) is 0 Å². The molecule has 0 nitrogen and oxygen atoms in total. The average Bonchev–Trinajstić information content (AvgIpc) is 0. The molecule has 0 bridgehead atoms. The Labute approximate surface area is 134 Å². The van der Waals surface area contributed by atoms with Crippen LogP contribution in [-0.2, 0) is 0 Å². The van der Waals surface area contributed by atoms with Crippen LogP contribution in [0.15, 0.2) is 0 Å². The number of halogens is 6.